The van der Waals surface area contributed by atoms with E-state index in [1.807, 2.05) is 45.2 Å². The Labute approximate surface area is 153 Å². The molecular weight excluding hydrogens is 514 g/mol. The van der Waals surface area contributed by atoms with Crippen LogP contribution in [0.2, 0.25) is 0 Å². The molecule has 0 saturated carbocycles. The molecular formula is C15H10I2O5. The summed E-state index contributed by atoms with van der Waals surface area (Å²) in [5.74, 6) is -0.818. The van der Waals surface area contributed by atoms with Crippen LogP contribution in [0.25, 0.3) is 0 Å². The molecule has 7 heteroatoms. The van der Waals surface area contributed by atoms with Crippen LogP contribution >= 0.6 is 45.2 Å². The second-order valence-electron chi connectivity index (χ2n) is 4.15. The zero-order valence-electron chi connectivity index (χ0n) is 11.1. The summed E-state index contributed by atoms with van der Waals surface area (Å²) in [5, 5.41) is 9.65. The third kappa shape index (κ3) is 4.57. The minimum Gasteiger partial charge on any atom is -0.506 e. The van der Waals surface area contributed by atoms with Crippen molar-refractivity contribution in [2.24, 2.45) is 0 Å². The molecule has 0 unspecified atom stereocenters. The van der Waals surface area contributed by atoms with Crippen molar-refractivity contribution in [2.45, 2.75) is 0 Å². The minimum absolute atomic E-state index is 0.112. The van der Waals surface area contributed by atoms with Gasteiger partial charge >= 0.3 is 11.9 Å². The van der Waals surface area contributed by atoms with Crippen molar-refractivity contribution in [1.29, 1.82) is 0 Å². The Morgan fingerprint density at radius 3 is 2.23 bits per heavy atom. The van der Waals surface area contributed by atoms with Crippen LogP contribution in [0, 0.1) is 7.14 Å². The highest BCUT2D eigenvalue weighted by atomic mass is 127. The Morgan fingerprint density at radius 2 is 1.64 bits per heavy atom. The molecule has 22 heavy (non-hydrogen) atoms. The highest BCUT2D eigenvalue weighted by molar-refractivity contribution is 14.1. The Bertz CT molecular complexity index is 677. The molecule has 0 atom stereocenters. The van der Waals surface area contributed by atoms with E-state index in [4.69, 9.17) is 9.47 Å². The Morgan fingerprint density at radius 1 is 1.05 bits per heavy atom. The second kappa shape index (κ2) is 7.77. The molecule has 0 aliphatic carbocycles. The first-order valence-electron chi connectivity index (χ1n) is 6.08. The molecule has 2 aromatic rings. The molecule has 0 aliphatic rings. The van der Waals surface area contributed by atoms with Crippen molar-refractivity contribution in [3.8, 4) is 11.5 Å². The first-order chi connectivity index (χ1) is 10.5. The number of benzene rings is 2. The van der Waals surface area contributed by atoms with Crippen LogP contribution in [0.4, 0.5) is 0 Å². The van der Waals surface area contributed by atoms with Crippen molar-refractivity contribution in [3.05, 3.63) is 55.2 Å². The molecule has 0 fully saturated rings. The van der Waals surface area contributed by atoms with Crippen LogP contribution in [-0.4, -0.2) is 23.7 Å². The molecule has 0 aromatic heterocycles. The fraction of sp³-hybridized carbons (Fsp3) is 0.0667. The summed E-state index contributed by atoms with van der Waals surface area (Å²) in [6.45, 7) is -0.484. The smallest absolute Gasteiger partial charge is 0.349 e. The third-order valence-corrected chi connectivity index (χ3v) is 4.19. The zero-order valence-corrected chi connectivity index (χ0v) is 15.4. The lowest BCUT2D eigenvalue weighted by atomic mass is 10.2. The summed E-state index contributed by atoms with van der Waals surface area (Å²) in [5.41, 5.74) is 0.263. The van der Waals surface area contributed by atoms with E-state index < -0.39 is 18.5 Å². The number of para-hydroxylation sites is 1. The topological polar surface area (TPSA) is 72.8 Å². The van der Waals surface area contributed by atoms with Gasteiger partial charge in [0.1, 0.15) is 11.5 Å². The number of carbonyl (C=O) groups is 2. The van der Waals surface area contributed by atoms with Gasteiger partial charge in [-0.25, -0.2) is 9.59 Å². The predicted molar refractivity (Wildman–Crippen MR) is 95.9 cm³/mol. The molecule has 1 N–H and O–H groups in total. The first kappa shape index (κ1) is 17.0. The lowest BCUT2D eigenvalue weighted by Crippen LogP contribution is -2.19. The average molecular weight is 524 g/mol. The van der Waals surface area contributed by atoms with E-state index in [9.17, 15) is 14.7 Å². The normalized spacial score (nSPS) is 10.1. The summed E-state index contributed by atoms with van der Waals surface area (Å²) in [6.07, 6.45) is 0. The predicted octanol–water partition coefficient (Wildman–Crippen LogP) is 3.36. The SMILES string of the molecule is O=C(COC(=O)c1cc(I)c(O)c(I)c1)Oc1ccccc1. The second-order valence-corrected chi connectivity index (χ2v) is 6.48. The molecule has 0 aliphatic heterocycles. The molecule has 0 bridgehead atoms. The fourth-order valence-corrected chi connectivity index (χ4v) is 3.31. The molecule has 0 radical (unpaired) electrons. The van der Waals surface area contributed by atoms with E-state index in [1.54, 1.807) is 30.3 Å². The van der Waals surface area contributed by atoms with Crippen molar-refractivity contribution >= 4 is 57.1 Å². The maximum absolute atomic E-state index is 11.9. The number of esters is 2. The van der Waals surface area contributed by atoms with Crippen LogP contribution in [0.15, 0.2) is 42.5 Å². The van der Waals surface area contributed by atoms with E-state index in [0.717, 1.165) is 0 Å². The zero-order chi connectivity index (χ0) is 16.1. The van der Waals surface area contributed by atoms with Gasteiger partial charge in [-0.15, -0.1) is 0 Å². The number of phenols is 1. The van der Waals surface area contributed by atoms with Gasteiger partial charge in [0.15, 0.2) is 6.61 Å². The number of carbonyl (C=O) groups excluding carboxylic acids is 2. The summed E-state index contributed by atoms with van der Waals surface area (Å²) >= 11 is 3.82. The largest absolute Gasteiger partial charge is 0.506 e. The molecule has 2 aromatic carbocycles. The van der Waals surface area contributed by atoms with Crippen molar-refractivity contribution in [3.63, 3.8) is 0 Å². The molecule has 0 saturated heterocycles. The van der Waals surface area contributed by atoms with Crippen LogP contribution in [0.5, 0.6) is 11.5 Å². The van der Waals surface area contributed by atoms with E-state index in [1.165, 1.54) is 12.1 Å². The number of rotatable bonds is 4. The van der Waals surface area contributed by atoms with Crippen LogP contribution in [-0.2, 0) is 9.53 Å². The molecule has 0 heterocycles. The van der Waals surface area contributed by atoms with E-state index in [-0.39, 0.29) is 11.3 Å². The van der Waals surface area contributed by atoms with Gasteiger partial charge in [-0.05, 0) is 69.4 Å². The van der Waals surface area contributed by atoms with Gasteiger partial charge in [0.25, 0.3) is 0 Å². The van der Waals surface area contributed by atoms with Gasteiger partial charge in [-0.1, -0.05) is 18.2 Å². The maximum Gasteiger partial charge on any atom is 0.349 e. The van der Waals surface area contributed by atoms with Crippen molar-refractivity contribution < 1.29 is 24.2 Å². The van der Waals surface area contributed by atoms with Crippen LogP contribution < -0.4 is 4.74 Å². The maximum atomic E-state index is 11.9. The summed E-state index contributed by atoms with van der Waals surface area (Å²) in [4.78, 5) is 23.5. The molecule has 0 spiro atoms. The fourth-order valence-electron chi connectivity index (χ4n) is 1.54. The van der Waals surface area contributed by atoms with Crippen molar-refractivity contribution in [2.75, 3.05) is 6.61 Å². The quantitative estimate of drug-likeness (QED) is 0.378. The minimum atomic E-state index is -0.664. The molecule has 5 nitrogen and oxygen atoms in total. The number of hydrogen-bond acceptors (Lipinski definition) is 5. The summed E-state index contributed by atoms with van der Waals surface area (Å²) in [6, 6.07) is 11.5. The molecule has 2 rings (SSSR count). The Balaban J connectivity index is 1.94. The summed E-state index contributed by atoms with van der Waals surface area (Å²) in [7, 11) is 0. The van der Waals surface area contributed by atoms with Gasteiger partial charge in [0.05, 0.1) is 12.7 Å². The average Bonchev–Trinajstić information content (AvgIpc) is 2.50. The standard InChI is InChI=1S/C15H10I2O5/c16-11-6-9(7-12(17)14(11)19)15(20)21-8-13(18)22-10-4-2-1-3-5-10/h1-7,19H,8H2. The first-order valence-corrected chi connectivity index (χ1v) is 8.24. The van der Waals surface area contributed by atoms with Gasteiger partial charge in [0, 0.05) is 0 Å². The van der Waals surface area contributed by atoms with E-state index >= 15 is 0 Å². The highest BCUT2D eigenvalue weighted by Crippen LogP contribution is 2.27. The van der Waals surface area contributed by atoms with Crippen LogP contribution in [0.3, 0.4) is 0 Å². The van der Waals surface area contributed by atoms with Crippen molar-refractivity contribution in [1.82, 2.24) is 0 Å². The number of hydrogen-bond donors (Lipinski definition) is 1. The number of phenolic OH excluding ortho intramolecular Hbond substituents is 1. The van der Waals surface area contributed by atoms with E-state index in [0.29, 0.717) is 12.9 Å². The van der Waals surface area contributed by atoms with Gasteiger partial charge < -0.3 is 14.6 Å². The molecule has 114 valence electrons. The van der Waals surface area contributed by atoms with Gasteiger partial charge in [-0.3, -0.25) is 0 Å². The summed E-state index contributed by atoms with van der Waals surface area (Å²) < 4.78 is 11.0. The van der Waals surface area contributed by atoms with Gasteiger partial charge in [-0.2, -0.15) is 0 Å². The third-order valence-electron chi connectivity index (χ3n) is 2.55. The Hall–Kier alpha value is -1.36. The lowest BCUT2D eigenvalue weighted by Gasteiger charge is -2.07. The number of ether oxygens (including phenoxy) is 2. The Kier molecular flexibility index (Phi) is 6.00. The lowest BCUT2D eigenvalue weighted by molar-refractivity contribution is -0.137. The molecule has 0 amide bonds. The van der Waals surface area contributed by atoms with Gasteiger partial charge in [0.2, 0.25) is 0 Å². The number of aromatic hydroxyl groups is 1. The van der Waals surface area contributed by atoms with Crippen LogP contribution in [0.1, 0.15) is 10.4 Å². The van der Waals surface area contributed by atoms with E-state index in [2.05, 4.69) is 0 Å². The number of halogens is 2. The monoisotopic (exact) mass is 524 g/mol. The highest BCUT2D eigenvalue weighted by Gasteiger charge is 2.15.